The monoisotopic (exact) mass is 367 g/mol. The van der Waals surface area contributed by atoms with Crippen LogP contribution in [-0.2, 0) is 11.0 Å². The summed E-state index contributed by atoms with van der Waals surface area (Å²) in [4.78, 5) is 13.9. The topological polar surface area (TPSA) is 59.2 Å². The molecule has 1 aromatic carbocycles. The molecule has 0 N–H and O–H groups in total. The van der Waals surface area contributed by atoms with Crippen molar-refractivity contribution >= 4 is 5.91 Å². The van der Waals surface area contributed by atoms with E-state index in [0.29, 0.717) is 24.4 Å². The Balaban J connectivity index is 1.72. The Morgan fingerprint density at radius 3 is 2.65 bits per heavy atom. The van der Waals surface area contributed by atoms with Gasteiger partial charge in [-0.1, -0.05) is 6.92 Å². The molecule has 1 aromatic heterocycles. The number of piperidine rings is 1. The number of amides is 1. The maximum absolute atomic E-state index is 12.6. The van der Waals surface area contributed by atoms with Crippen molar-refractivity contribution in [1.29, 1.82) is 0 Å². The molecule has 1 fully saturated rings. The standard InChI is InChI=1S/C18H20F3N3O2/c1-2-4-15(25)24-10-3-5-13(11-24)17-23-22-16(26-17)12-6-8-14(9-7-12)18(19,20)21/h6-9,13H,2-5,10-11H2,1H3. The Kier molecular flexibility index (Phi) is 5.29. The average molecular weight is 367 g/mol. The Morgan fingerprint density at radius 1 is 1.27 bits per heavy atom. The average Bonchev–Trinajstić information content (AvgIpc) is 3.12. The molecule has 0 radical (unpaired) electrons. The minimum atomic E-state index is -4.38. The Bertz CT molecular complexity index is 756. The highest BCUT2D eigenvalue weighted by Gasteiger charge is 2.31. The fourth-order valence-electron chi connectivity index (χ4n) is 3.10. The molecule has 26 heavy (non-hydrogen) atoms. The number of carbonyl (C=O) groups excluding carboxylic acids is 1. The number of rotatable bonds is 4. The summed E-state index contributed by atoms with van der Waals surface area (Å²) in [5.41, 5.74) is -0.287. The van der Waals surface area contributed by atoms with Crippen molar-refractivity contribution in [1.82, 2.24) is 15.1 Å². The molecule has 1 saturated heterocycles. The molecular weight excluding hydrogens is 347 g/mol. The van der Waals surface area contributed by atoms with Crippen LogP contribution in [0.1, 0.15) is 50.0 Å². The van der Waals surface area contributed by atoms with Gasteiger partial charge in [-0.2, -0.15) is 13.2 Å². The van der Waals surface area contributed by atoms with E-state index in [9.17, 15) is 18.0 Å². The van der Waals surface area contributed by atoms with Crippen LogP contribution in [0.3, 0.4) is 0 Å². The maximum atomic E-state index is 12.6. The quantitative estimate of drug-likeness (QED) is 0.810. The summed E-state index contributed by atoms with van der Waals surface area (Å²) in [6, 6.07) is 4.62. The van der Waals surface area contributed by atoms with E-state index in [4.69, 9.17) is 4.42 Å². The number of hydrogen-bond acceptors (Lipinski definition) is 4. The van der Waals surface area contributed by atoms with E-state index in [1.807, 2.05) is 11.8 Å². The van der Waals surface area contributed by atoms with Crippen LogP contribution < -0.4 is 0 Å². The van der Waals surface area contributed by atoms with Crippen molar-refractivity contribution in [3.05, 3.63) is 35.7 Å². The largest absolute Gasteiger partial charge is 0.420 e. The van der Waals surface area contributed by atoms with E-state index in [0.717, 1.165) is 37.9 Å². The fraction of sp³-hybridized carbons (Fsp3) is 0.500. The van der Waals surface area contributed by atoms with Crippen molar-refractivity contribution in [3.63, 3.8) is 0 Å². The zero-order chi connectivity index (χ0) is 18.7. The lowest BCUT2D eigenvalue weighted by Gasteiger charge is -2.31. The second-order valence-corrected chi connectivity index (χ2v) is 6.45. The first-order valence-electron chi connectivity index (χ1n) is 8.67. The lowest BCUT2D eigenvalue weighted by Crippen LogP contribution is -2.39. The molecule has 0 spiro atoms. The maximum Gasteiger partial charge on any atom is 0.416 e. The third kappa shape index (κ3) is 4.05. The van der Waals surface area contributed by atoms with Gasteiger partial charge in [0.1, 0.15) is 0 Å². The fourth-order valence-corrected chi connectivity index (χ4v) is 3.10. The molecule has 1 atom stereocenters. The van der Waals surface area contributed by atoms with Crippen LogP contribution in [-0.4, -0.2) is 34.1 Å². The number of carbonyl (C=O) groups is 1. The second-order valence-electron chi connectivity index (χ2n) is 6.45. The summed E-state index contributed by atoms with van der Waals surface area (Å²) in [6.45, 7) is 3.23. The number of likely N-dealkylation sites (tertiary alicyclic amines) is 1. The van der Waals surface area contributed by atoms with Crippen LogP contribution in [0.2, 0.25) is 0 Å². The van der Waals surface area contributed by atoms with Gasteiger partial charge in [0.05, 0.1) is 11.5 Å². The molecule has 1 aliphatic heterocycles. The molecule has 2 aromatic rings. The first-order chi connectivity index (χ1) is 12.4. The zero-order valence-corrected chi connectivity index (χ0v) is 14.4. The summed E-state index contributed by atoms with van der Waals surface area (Å²) < 4.78 is 43.6. The van der Waals surface area contributed by atoms with E-state index in [1.54, 1.807) is 0 Å². The number of nitrogens with zero attached hydrogens (tertiary/aromatic N) is 3. The van der Waals surface area contributed by atoms with Crippen molar-refractivity contribution in [2.75, 3.05) is 13.1 Å². The molecule has 5 nitrogen and oxygen atoms in total. The Morgan fingerprint density at radius 2 is 2.00 bits per heavy atom. The minimum absolute atomic E-state index is 0.0414. The van der Waals surface area contributed by atoms with Gasteiger partial charge < -0.3 is 9.32 Å². The van der Waals surface area contributed by atoms with Gasteiger partial charge in [-0.05, 0) is 43.5 Å². The second kappa shape index (κ2) is 7.47. The lowest BCUT2D eigenvalue weighted by molar-refractivity contribution is -0.137. The van der Waals surface area contributed by atoms with Gasteiger partial charge in [0, 0.05) is 25.1 Å². The summed E-state index contributed by atoms with van der Waals surface area (Å²) in [6.07, 6.45) is -1.36. The van der Waals surface area contributed by atoms with E-state index in [1.165, 1.54) is 12.1 Å². The first kappa shape index (κ1) is 18.4. The number of hydrogen-bond donors (Lipinski definition) is 0. The van der Waals surface area contributed by atoms with Crippen LogP contribution >= 0.6 is 0 Å². The number of benzene rings is 1. The van der Waals surface area contributed by atoms with Gasteiger partial charge >= 0.3 is 6.18 Å². The van der Waals surface area contributed by atoms with Crippen LogP contribution in [0.4, 0.5) is 13.2 Å². The van der Waals surface area contributed by atoms with E-state index in [2.05, 4.69) is 10.2 Å². The van der Waals surface area contributed by atoms with Gasteiger partial charge in [0.25, 0.3) is 0 Å². The van der Waals surface area contributed by atoms with Crippen molar-refractivity contribution < 1.29 is 22.4 Å². The third-order valence-corrected chi connectivity index (χ3v) is 4.49. The highest BCUT2D eigenvalue weighted by Crippen LogP contribution is 2.32. The van der Waals surface area contributed by atoms with Crippen LogP contribution in [0.5, 0.6) is 0 Å². The van der Waals surface area contributed by atoms with E-state index < -0.39 is 11.7 Å². The molecule has 1 unspecified atom stereocenters. The molecule has 0 saturated carbocycles. The Hall–Kier alpha value is -2.38. The van der Waals surface area contributed by atoms with Gasteiger partial charge in [-0.25, -0.2) is 0 Å². The molecule has 2 heterocycles. The van der Waals surface area contributed by atoms with Gasteiger partial charge in [-0.3, -0.25) is 4.79 Å². The SMILES string of the molecule is CCCC(=O)N1CCCC(c2nnc(-c3ccc(C(F)(F)F)cc3)o2)C1. The lowest BCUT2D eigenvalue weighted by atomic mass is 9.97. The summed E-state index contributed by atoms with van der Waals surface area (Å²) in [7, 11) is 0. The first-order valence-corrected chi connectivity index (χ1v) is 8.67. The Labute approximate surface area is 149 Å². The van der Waals surface area contributed by atoms with Crippen molar-refractivity contribution in [3.8, 4) is 11.5 Å². The summed E-state index contributed by atoms with van der Waals surface area (Å²) in [5.74, 6) is 0.694. The van der Waals surface area contributed by atoms with Gasteiger partial charge in [0.15, 0.2) is 0 Å². The predicted molar refractivity (Wildman–Crippen MR) is 88.2 cm³/mol. The van der Waals surface area contributed by atoms with Crippen molar-refractivity contribution in [2.24, 2.45) is 0 Å². The zero-order valence-electron chi connectivity index (χ0n) is 14.4. The molecule has 140 valence electrons. The molecule has 0 bridgehead atoms. The van der Waals surface area contributed by atoms with Crippen molar-refractivity contribution in [2.45, 2.75) is 44.7 Å². The van der Waals surface area contributed by atoms with Crippen LogP contribution in [0, 0.1) is 0 Å². The third-order valence-electron chi connectivity index (χ3n) is 4.49. The summed E-state index contributed by atoms with van der Waals surface area (Å²) in [5, 5.41) is 8.01. The molecular formula is C18H20F3N3O2. The molecule has 1 aliphatic rings. The smallest absolute Gasteiger partial charge is 0.416 e. The highest BCUT2D eigenvalue weighted by molar-refractivity contribution is 5.76. The number of alkyl halides is 3. The minimum Gasteiger partial charge on any atom is -0.420 e. The highest BCUT2D eigenvalue weighted by atomic mass is 19.4. The summed E-state index contributed by atoms with van der Waals surface area (Å²) >= 11 is 0. The van der Waals surface area contributed by atoms with Crippen LogP contribution in [0.25, 0.3) is 11.5 Å². The van der Waals surface area contributed by atoms with Gasteiger partial charge in [0.2, 0.25) is 17.7 Å². The molecule has 1 amide bonds. The van der Waals surface area contributed by atoms with E-state index in [-0.39, 0.29) is 17.7 Å². The van der Waals surface area contributed by atoms with E-state index >= 15 is 0 Å². The van der Waals surface area contributed by atoms with Gasteiger partial charge in [-0.15, -0.1) is 10.2 Å². The predicted octanol–water partition coefficient (Wildman–Crippen LogP) is 4.26. The molecule has 8 heteroatoms. The molecule has 3 rings (SSSR count). The normalized spacial score (nSPS) is 18.2. The van der Waals surface area contributed by atoms with Crippen LogP contribution in [0.15, 0.2) is 28.7 Å². The number of halogens is 3. The number of aromatic nitrogens is 2. The molecule has 0 aliphatic carbocycles.